The van der Waals surface area contributed by atoms with E-state index in [2.05, 4.69) is 0 Å². The van der Waals surface area contributed by atoms with Crippen molar-refractivity contribution in [2.75, 3.05) is 13.2 Å². The van der Waals surface area contributed by atoms with Crippen LogP contribution in [0.5, 0.6) is 0 Å². The van der Waals surface area contributed by atoms with Crippen LogP contribution in [0.3, 0.4) is 0 Å². The van der Waals surface area contributed by atoms with Crippen molar-refractivity contribution in [1.82, 2.24) is 0 Å². The average molecular weight is 215 g/mol. The van der Waals surface area contributed by atoms with Gasteiger partial charge in [-0.25, -0.2) is 0 Å². The van der Waals surface area contributed by atoms with Gasteiger partial charge in [0.15, 0.2) is 0 Å². The Hall–Kier alpha value is -0.610. The minimum absolute atomic E-state index is 0.0705. The first-order valence-corrected chi connectivity index (χ1v) is 5.45. The summed E-state index contributed by atoms with van der Waals surface area (Å²) in [5.41, 5.74) is 5.51. The monoisotopic (exact) mass is 215 g/mol. The van der Waals surface area contributed by atoms with Crippen molar-refractivity contribution in [3.05, 3.63) is 0 Å². The van der Waals surface area contributed by atoms with Crippen LogP contribution in [-0.4, -0.2) is 31.3 Å². The van der Waals surface area contributed by atoms with Gasteiger partial charge in [-0.2, -0.15) is 0 Å². The van der Waals surface area contributed by atoms with Crippen LogP contribution in [0, 0.1) is 5.41 Å². The van der Waals surface area contributed by atoms with Gasteiger partial charge in [0.2, 0.25) is 0 Å². The second-order valence-corrected chi connectivity index (χ2v) is 5.11. The summed E-state index contributed by atoms with van der Waals surface area (Å²) in [6.45, 7) is 6.87. The lowest BCUT2D eigenvalue weighted by Crippen LogP contribution is -2.44. The first-order valence-electron chi connectivity index (χ1n) is 5.45. The Morgan fingerprint density at radius 2 is 2.27 bits per heavy atom. The highest BCUT2D eigenvalue weighted by Gasteiger charge is 2.29. The van der Waals surface area contributed by atoms with Crippen LogP contribution in [0.2, 0.25) is 0 Å². The molecule has 1 saturated heterocycles. The molecular formula is C11H21NO3. The second-order valence-electron chi connectivity index (χ2n) is 5.11. The fourth-order valence-electron chi connectivity index (χ4n) is 1.39. The molecule has 0 aromatic heterocycles. The van der Waals surface area contributed by atoms with Gasteiger partial charge in [0.25, 0.3) is 0 Å². The van der Waals surface area contributed by atoms with Gasteiger partial charge in [-0.05, 0) is 18.3 Å². The van der Waals surface area contributed by atoms with Crippen LogP contribution in [0.15, 0.2) is 0 Å². The van der Waals surface area contributed by atoms with E-state index >= 15 is 0 Å². The van der Waals surface area contributed by atoms with E-state index in [-0.39, 0.29) is 17.5 Å². The average Bonchev–Trinajstić information content (AvgIpc) is 2.63. The summed E-state index contributed by atoms with van der Waals surface area (Å²) in [6.07, 6.45) is 2.09. The van der Waals surface area contributed by atoms with Crippen molar-refractivity contribution in [1.29, 1.82) is 0 Å². The molecule has 1 aliphatic heterocycles. The molecule has 0 saturated carbocycles. The van der Waals surface area contributed by atoms with Crippen molar-refractivity contribution in [3.8, 4) is 0 Å². The summed E-state index contributed by atoms with van der Waals surface area (Å²) in [7, 11) is 0. The smallest absolute Gasteiger partial charge is 0.323 e. The molecule has 0 aromatic carbocycles. The zero-order chi connectivity index (χ0) is 11.5. The lowest BCUT2D eigenvalue weighted by Gasteiger charge is -2.25. The second kappa shape index (κ2) is 4.94. The Kier molecular flexibility index (Phi) is 4.11. The van der Waals surface area contributed by atoms with Crippen LogP contribution in [-0.2, 0) is 14.3 Å². The van der Waals surface area contributed by atoms with Crippen LogP contribution >= 0.6 is 0 Å². The van der Waals surface area contributed by atoms with E-state index in [1.54, 1.807) is 0 Å². The third-order valence-corrected chi connectivity index (χ3v) is 2.62. The molecule has 4 nitrogen and oxygen atoms in total. The quantitative estimate of drug-likeness (QED) is 0.716. The van der Waals surface area contributed by atoms with Crippen molar-refractivity contribution < 1.29 is 14.3 Å². The molecule has 2 N–H and O–H groups in total. The fourth-order valence-corrected chi connectivity index (χ4v) is 1.39. The van der Waals surface area contributed by atoms with Gasteiger partial charge in [-0.3, -0.25) is 4.79 Å². The molecule has 88 valence electrons. The molecule has 1 fully saturated rings. The van der Waals surface area contributed by atoms with E-state index in [0.717, 1.165) is 19.4 Å². The third-order valence-electron chi connectivity index (χ3n) is 2.62. The van der Waals surface area contributed by atoms with E-state index in [1.165, 1.54) is 0 Å². The highest BCUT2D eigenvalue weighted by molar-refractivity contribution is 5.76. The van der Waals surface area contributed by atoms with E-state index in [0.29, 0.717) is 6.61 Å². The molecule has 15 heavy (non-hydrogen) atoms. The highest BCUT2D eigenvalue weighted by atomic mass is 16.6. The molecule has 0 amide bonds. The van der Waals surface area contributed by atoms with Crippen molar-refractivity contribution >= 4 is 5.97 Å². The van der Waals surface area contributed by atoms with Crippen molar-refractivity contribution in [2.45, 2.75) is 45.8 Å². The summed E-state index contributed by atoms with van der Waals surface area (Å²) < 4.78 is 10.5. The van der Waals surface area contributed by atoms with Gasteiger partial charge in [0.05, 0.1) is 6.10 Å². The molecule has 1 aliphatic rings. The number of carbonyl (C=O) groups excluding carboxylic acids is 1. The SMILES string of the molecule is CC(C)(C)C(N)C(=O)OCC1CCCO1. The Morgan fingerprint density at radius 1 is 1.60 bits per heavy atom. The molecule has 0 aromatic rings. The zero-order valence-corrected chi connectivity index (χ0v) is 9.79. The van der Waals surface area contributed by atoms with E-state index in [1.807, 2.05) is 20.8 Å². The number of nitrogens with two attached hydrogens (primary N) is 1. The number of esters is 1. The number of hydrogen-bond acceptors (Lipinski definition) is 4. The predicted octanol–water partition coefficient (Wildman–Crippen LogP) is 1.08. The van der Waals surface area contributed by atoms with Gasteiger partial charge in [-0.1, -0.05) is 20.8 Å². The number of hydrogen-bond donors (Lipinski definition) is 1. The molecule has 0 bridgehead atoms. The first-order chi connectivity index (χ1) is 6.91. The minimum Gasteiger partial charge on any atom is -0.462 e. The Balaban J connectivity index is 2.29. The predicted molar refractivity (Wildman–Crippen MR) is 57.4 cm³/mol. The summed E-state index contributed by atoms with van der Waals surface area (Å²) in [5, 5.41) is 0. The summed E-state index contributed by atoms with van der Waals surface area (Å²) >= 11 is 0. The maximum absolute atomic E-state index is 11.5. The topological polar surface area (TPSA) is 61.6 Å². The molecule has 2 atom stereocenters. The molecule has 0 radical (unpaired) electrons. The maximum atomic E-state index is 11.5. The number of ether oxygens (including phenoxy) is 2. The third kappa shape index (κ3) is 3.80. The zero-order valence-electron chi connectivity index (χ0n) is 9.79. The van der Waals surface area contributed by atoms with Gasteiger partial charge < -0.3 is 15.2 Å². The standard InChI is InChI=1S/C11H21NO3/c1-11(2,3)9(12)10(13)15-7-8-5-4-6-14-8/h8-9H,4-7,12H2,1-3H3. The van der Waals surface area contributed by atoms with E-state index < -0.39 is 6.04 Å². The van der Waals surface area contributed by atoms with Crippen LogP contribution in [0.25, 0.3) is 0 Å². The van der Waals surface area contributed by atoms with E-state index in [9.17, 15) is 4.79 Å². The molecule has 1 heterocycles. The van der Waals surface area contributed by atoms with Crippen LogP contribution in [0.1, 0.15) is 33.6 Å². The first kappa shape index (κ1) is 12.5. The van der Waals surface area contributed by atoms with E-state index in [4.69, 9.17) is 15.2 Å². The molecule has 2 unspecified atom stereocenters. The van der Waals surface area contributed by atoms with Crippen LogP contribution in [0.4, 0.5) is 0 Å². The highest BCUT2D eigenvalue weighted by Crippen LogP contribution is 2.19. The molecule has 1 rings (SSSR count). The van der Waals surface area contributed by atoms with Gasteiger partial charge in [0, 0.05) is 6.61 Å². The number of rotatable bonds is 3. The molecule has 0 aliphatic carbocycles. The number of carbonyl (C=O) groups is 1. The fraction of sp³-hybridized carbons (Fsp3) is 0.909. The summed E-state index contributed by atoms with van der Waals surface area (Å²) in [6, 6.07) is -0.570. The normalized spacial score (nSPS) is 23.9. The summed E-state index contributed by atoms with van der Waals surface area (Å²) in [4.78, 5) is 11.5. The Morgan fingerprint density at radius 3 is 2.73 bits per heavy atom. The molecule has 4 heteroatoms. The van der Waals surface area contributed by atoms with Gasteiger partial charge >= 0.3 is 5.97 Å². The lowest BCUT2D eigenvalue weighted by atomic mass is 9.87. The minimum atomic E-state index is -0.570. The largest absolute Gasteiger partial charge is 0.462 e. The van der Waals surface area contributed by atoms with Crippen molar-refractivity contribution in [3.63, 3.8) is 0 Å². The van der Waals surface area contributed by atoms with Crippen molar-refractivity contribution in [2.24, 2.45) is 11.1 Å². The van der Waals surface area contributed by atoms with Gasteiger partial charge in [0.1, 0.15) is 12.6 Å². The Labute approximate surface area is 91.1 Å². The van der Waals surface area contributed by atoms with Gasteiger partial charge in [-0.15, -0.1) is 0 Å². The molecule has 0 spiro atoms. The lowest BCUT2D eigenvalue weighted by molar-refractivity contribution is -0.151. The maximum Gasteiger partial charge on any atom is 0.323 e. The summed E-state index contributed by atoms with van der Waals surface area (Å²) in [5.74, 6) is -0.335. The Bertz CT molecular complexity index is 216. The molecular weight excluding hydrogens is 194 g/mol. The van der Waals surface area contributed by atoms with Crippen LogP contribution < -0.4 is 5.73 Å².